The van der Waals surface area contributed by atoms with Crippen LogP contribution in [0.15, 0.2) is 48.8 Å². The zero-order valence-corrected chi connectivity index (χ0v) is 17.8. The average Bonchev–Trinajstić information content (AvgIpc) is 3.42. The van der Waals surface area contributed by atoms with Crippen molar-refractivity contribution >= 4 is 5.91 Å². The number of pyridine rings is 1. The summed E-state index contributed by atoms with van der Waals surface area (Å²) < 4.78 is 10.9. The van der Waals surface area contributed by atoms with Gasteiger partial charge < -0.3 is 14.8 Å². The normalized spacial score (nSPS) is 15.8. The molecule has 162 valence electrons. The zero-order chi connectivity index (χ0) is 21.6. The number of benzene rings is 1. The van der Waals surface area contributed by atoms with Crippen molar-refractivity contribution in [3.63, 3.8) is 0 Å². The smallest absolute Gasteiger partial charge is 0.220 e. The molecule has 1 fully saturated rings. The van der Waals surface area contributed by atoms with E-state index in [4.69, 9.17) is 9.47 Å². The maximum Gasteiger partial charge on any atom is 0.220 e. The number of rotatable bonds is 9. The Balaban J connectivity index is 1.59. The third-order valence-corrected chi connectivity index (χ3v) is 5.47. The molecule has 1 saturated heterocycles. The average molecular weight is 422 g/mol. The first-order chi connectivity index (χ1) is 15.2. The Morgan fingerprint density at radius 1 is 1.16 bits per heavy atom. The summed E-state index contributed by atoms with van der Waals surface area (Å²) in [6.07, 6.45) is 5.08. The Morgan fingerprint density at radius 3 is 2.77 bits per heavy atom. The summed E-state index contributed by atoms with van der Waals surface area (Å²) >= 11 is 0. The van der Waals surface area contributed by atoms with Crippen molar-refractivity contribution < 1.29 is 14.3 Å². The highest BCUT2D eigenvalue weighted by Gasteiger charge is 2.24. The number of carbonyl (C=O) groups is 1. The molecule has 0 unspecified atom stereocenters. The van der Waals surface area contributed by atoms with Crippen LogP contribution in [-0.2, 0) is 17.9 Å². The summed E-state index contributed by atoms with van der Waals surface area (Å²) in [4.78, 5) is 18.5. The van der Waals surface area contributed by atoms with E-state index >= 15 is 0 Å². The lowest BCUT2D eigenvalue weighted by Crippen LogP contribution is -2.38. The van der Waals surface area contributed by atoms with Crippen molar-refractivity contribution in [1.29, 1.82) is 0 Å². The van der Waals surface area contributed by atoms with Gasteiger partial charge in [-0.2, -0.15) is 5.10 Å². The van der Waals surface area contributed by atoms with Crippen molar-refractivity contribution in [3.8, 4) is 22.8 Å². The Hall–Kier alpha value is -3.39. The molecule has 8 heteroatoms. The zero-order valence-electron chi connectivity index (χ0n) is 17.8. The van der Waals surface area contributed by atoms with Crippen LogP contribution in [0.25, 0.3) is 11.3 Å². The minimum Gasteiger partial charge on any atom is -0.497 e. The molecule has 1 aliphatic heterocycles. The summed E-state index contributed by atoms with van der Waals surface area (Å²) in [5.74, 6) is 1.56. The van der Waals surface area contributed by atoms with E-state index < -0.39 is 0 Å². The summed E-state index contributed by atoms with van der Waals surface area (Å²) in [6.45, 7) is 2.08. The number of nitrogens with zero attached hydrogens (tertiary/aromatic N) is 3. The summed E-state index contributed by atoms with van der Waals surface area (Å²) in [6, 6.07) is 11.8. The molecule has 1 amide bonds. The van der Waals surface area contributed by atoms with Gasteiger partial charge in [0.25, 0.3) is 0 Å². The Kier molecular flexibility index (Phi) is 6.47. The van der Waals surface area contributed by atoms with E-state index in [1.165, 1.54) is 0 Å². The lowest BCUT2D eigenvalue weighted by Gasteiger charge is -2.25. The maximum absolute atomic E-state index is 11.7. The van der Waals surface area contributed by atoms with E-state index in [1.807, 2.05) is 42.6 Å². The second-order valence-electron chi connectivity index (χ2n) is 7.63. The van der Waals surface area contributed by atoms with Crippen molar-refractivity contribution in [2.45, 2.75) is 32.0 Å². The molecule has 2 N–H and O–H groups in total. The van der Waals surface area contributed by atoms with E-state index in [2.05, 4.69) is 25.4 Å². The molecular weight excluding hydrogens is 394 g/mol. The third kappa shape index (κ3) is 5.03. The molecular formula is C23H27N5O3. The maximum atomic E-state index is 11.7. The van der Waals surface area contributed by atoms with Crippen LogP contribution in [0.1, 0.15) is 24.1 Å². The number of carbonyl (C=O) groups excluding carboxylic acids is 1. The van der Waals surface area contributed by atoms with Crippen LogP contribution in [0.4, 0.5) is 0 Å². The van der Waals surface area contributed by atoms with Crippen molar-refractivity contribution in [2.75, 3.05) is 20.8 Å². The van der Waals surface area contributed by atoms with Crippen LogP contribution in [-0.4, -0.2) is 52.8 Å². The van der Waals surface area contributed by atoms with Gasteiger partial charge in [0.1, 0.15) is 11.5 Å². The van der Waals surface area contributed by atoms with Crippen LogP contribution in [0, 0.1) is 0 Å². The lowest BCUT2D eigenvalue weighted by molar-refractivity contribution is -0.119. The van der Waals surface area contributed by atoms with Gasteiger partial charge in [-0.05, 0) is 30.7 Å². The predicted molar refractivity (Wildman–Crippen MR) is 117 cm³/mol. The van der Waals surface area contributed by atoms with Gasteiger partial charge in [0, 0.05) is 55.5 Å². The third-order valence-electron chi connectivity index (χ3n) is 5.47. The highest BCUT2D eigenvalue weighted by molar-refractivity contribution is 5.78. The molecule has 1 atom stereocenters. The highest BCUT2D eigenvalue weighted by atomic mass is 16.5. The van der Waals surface area contributed by atoms with Crippen LogP contribution in [0.5, 0.6) is 11.5 Å². The van der Waals surface area contributed by atoms with Crippen LogP contribution < -0.4 is 14.8 Å². The molecule has 3 heterocycles. The van der Waals surface area contributed by atoms with Gasteiger partial charge in [-0.15, -0.1) is 0 Å². The highest BCUT2D eigenvalue weighted by Crippen LogP contribution is 2.34. The fraction of sp³-hybridized carbons (Fsp3) is 0.348. The summed E-state index contributed by atoms with van der Waals surface area (Å²) in [7, 11) is 3.28. The second kappa shape index (κ2) is 9.61. The topological polar surface area (TPSA) is 92.4 Å². The quantitative estimate of drug-likeness (QED) is 0.552. The molecule has 2 aromatic heterocycles. The number of hydrogen-bond acceptors (Lipinski definition) is 6. The van der Waals surface area contributed by atoms with Crippen molar-refractivity contribution in [1.82, 2.24) is 25.4 Å². The molecule has 1 aromatic carbocycles. The first-order valence-electron chi connectivity index (χ1n) is 10.3. The Labute approximate surface area is 181 Å². The minimum atomic E-state index is 0.120. The number of nitrogens with one attached hydrogen (secondary N) is 2. The fourth-order valence-electron chi connectivity index (χ4n) is 3.94. The number of ether oxygens (including phenoxy) is 2. The monoisotopic (exact) mass is 421 g/mol. The molecule has 1 aliphatic rings. The van der Waals surface area contributed by atoms with Gasteiger partial charge in [0.2, 0.25) is 5.91 Å². The first kappa shape index (κ1) is 20.9. The van der Waals surface area contributed by atoms with Crippen molar-refractivity contribution in [3.05, 3.63) is 60.0 Å². The molecule has 0 bridgehead atoms. The molecule has 0 aliphatic carbocycles. The van der Waals surface area contributed by atoms with Crippen LogP contribution in [0.3, 0.4) is 0 Å². The van der Waals surface area contributed by atoms with Crippen LogP contribution in [0.2, 0.25) is 0 Å². The Bertz CT molecular complexity index is 1020. The molecule has 31 heavy (non-hydrogen) atoms. The second-order valence-corrected chi connectivity index (χ2v) is 7.63. The van der Waals surface area contributed by atoms with Gasteiger partial charge in [0.05, 0.1) is 31.8 Å². The Morgan fingerprint density at radius 2 is 2.06 bits per heavy atom. The number of H-pyrrole nitrogens is 1. The van der Waals surface area contributed by atoms with Gasteiger partial charge in [-0.25, -0.2) is 0 Å². The van der Waals surface area contributed by atoms with E-state index in [9.17, 15) is 4.79 Å². The molecule has 4 rings (SSSR count). The summed E-state index contributed by atoms with van der Waals surface area (Å²) in [5, 5.41) is 10.5. The number of aromatic nitrogens is 3. The summed E-state index contributed by atoms with van der Waals surface area (Å²) in [5.41, 5.74) is 3.85. The van der Waals surface area contributed by atoms with Crippen molar-refractivity contribution in [2.24, 2.45) is 0 Å². The molecule has 8 nitrogen and oxygen atoms in total. The van der Waals surface area contributed by atoms with Gasteiger partial charge in [0.15, 0.2) is 0 Å². The first-order valence-corrected chi connectivity index (χ1v) is 10.3. The molecule has 0 radical (unpaired) electrons. The fourth-order valence-corrected chi connectivity index (χ4v) is 3.94. The SMILES string of the molecule is COc1ccc(-c2[nH]ncc2CN(Cc2ccccn2)C[C@@H]2CCC(=O)N2)c(OC)c1. The number of hydrogen-bond donors (Lipinski definition) is 2. The number of methoxy groups -OCH3 is 2. The largest absolute Gasteiger partial charge is 0.497 e. The molecule has 0 spiro atoms. The molecule has 3 aromatic rings. The van der Waals surface area contributed by atoms with E-state index in [0.29, 0.717) is 25.3 Å². The number of aromatic amines is 1. The lowest BCUT2D eigenvalue weighted by atomic mass is 10.1. The van der Waals surface area contributed by atoms with E-state index in [-0.39, 0.29) is 11.9 Å². The van der Waals surface area contributed by atoms with Crippen LogP contribution >= 0.6 is 0 Å². The standard InChI is InChI=1S/C23H27N5O3/c1-30-19-7-8-20(21(11-19)31-2)23-16(12-25-27-23)13-28(14-17-5-3-4-10-24-17)15-18-6-9-22(29)26-18/h3-5,7-8,10-12,18H,6,9,13-15H2,1-2H3,(H,25,27)(H,26,29)/t18-/m0/s1. The predicted octanol–water partition coefficient (Wildman–Crippen LogP) is 2.77. The molecule has 0 saturated carbocycles. The minimum absolute atomic E-state index is 0.120. The van der Waals surface area contributed by atoms with E-state index in [0.717, 1.165) is 41.2 Å². The van der Waals surface area contributed by atoms with E-state index in [1.54, 1.807) is 20.4 Å². The van der Waals surface area contributed by atoms with Gasteiger partial charge >= 0.3 is 0 Å². The van der Waals surface area contributed by atoms with Gasteiger partial charge in [-0.1, -0.05) is 6.07 Å². The van der Waals surface area contributed by atoms with Gasteiger partial charge in [-0.3, -0.25) is 19.8 Å². The number of amides is 1.